The molecule has 1 aromatic rings. The molecular weight excluding hydrogens is 601 g/mol. The Bertz CT molecular complexity index is 797. The predicted molar refractivity (Wildman–Crippen MR) is 78.3 cm³/mol. The van der Waals surface area contributed by atoms with Crippen LogP contribution >= 0.6 is 0 Å². The van der Waals surface area contributed by atoms with Gasteiger partial charge in [-0.1, -0.05) is 0 Å². The van der Waals surface area contributed by atoms with E-state index in [2.05, 4.69) is 4.99 Å². The van der Waals surface area contributed by atoms with E-state index < -0.39 is 75.2 Å². The number of halogens is 11. The Kier molecular flexibility index (Phi) is 8.53. The molecule has 0 amide bonds. The molecule has 0 aliphatic rings. The maximum atomic E-state index is 14.2. The molecule has 0 radical (unpaired) electrons. The standard InChI is InChI=1S/C15H12F10N2.FH.W/c1-27(2)4-3-26-6-7-9(11(17)13(19)12(18)10(7)16)8(15(23,24)25)5-14(20,21)22;;/h6,8H,3-4H2,1-2H3;1H;/q;;+1/p-1. The summed E-state index contributed by atoms with van der Waals surface area (Å²) in [6.07, 6.45) is -11.6. The molecule has 0 aromatic heterocycles. The summed E-state index contributed by atoms with van der Waals surface area (Å²) in [5.74, 6) is -14.4. The van der Waals surface area contributed by atoms with Gasteiger partial charge in [0, 0.05) is 0 Å². The number of rotatable bonds is 6. The second-order valence-electron chi connectivity index (χ2n) is 5.84. The van der Waals surface area contributed by atoms with Crippen LogP contribution in [0.3, 0.4) is 0 Å². The Morgan fingerprint density at radius 3 is 1.90 bits per heavy atom. The van der Waals surface area contributed by atoms with Gasteiger partial charge < -0.3 is 0 Å². The first-order chi connectivity index (χ1) is 13.1. The van der Waals surface area contributed by atoms with Crippen LogP contribution in [0.2, 0.25) is 0 Å². The molecule has 1 atom stereocenters. The number of hydrogen-bond acceptors (Lipinski definition) is 2. The Morgan fingerprint density at radius 2 is 1.48 bits per heavy atom. The summed E-state index contributed by atoms with van der Waals surface area (Å²) in [6.45, 7) is -0.0976. The number of alkyl halides is 6. The van der Waals surface area contributed by atoms with E-state index in [0.29, 0.717) is 0 Å². The van der Waals surface area contributed by atoms with Crippen LogP contribution in [0.1, 0.15) is 17.0 Å². The van der Waals surface area contributed by atoms with E-state index in [9.17, 15) is 47.1 Å². The van der Waals surface area contributed by atoms with Gasteiger partial charge in [0.1, 0.15) is 0 Å². The zero-order chi connectivity index (χ0) is 22.7. The topological polar surface area (TPSA) is 15.6 Å². The molecule has 0 aliphatic carbocycles. The van der Waals surface area contributed by atoms with Gasteiger partial charge in [0.05, 0.1) is 0 Å². The van der Waals surface area contributed by atoms with Gasteiger partial charge in [0.15, 0.2) is 0 Å². The van der Waals surface area contributed by atoms with Gasteiger partial charge in [-0.25, -0.2) is 0 Å². The second kappa shape index (κ2) is 9.63. The van der Waals surface area contributed by atoms with Crippen molar-refractivity contribution in [3.8, 4) is 0 Å². The summed E-state index contributed by atoms with van der Waals surface area (Å²) < 4.78 is 145. The van der Waals surface area contributed by atoms with Crippen LogP contribution in [0.15, 0.2) is 4.99 Å². The maximum absolute atomic E-state index is 14.2. The van der Waals surface area contributed by atoms with Crippen molar-refractivity contribution in [3.63, 3.8) is 0 Å². The van der Waals surface area contributed by atoms with Crippen LogP contribution in [0.5, 0.6) is 0 Å². The molecule has 2 nitrogen and oxygen atoms in total. The van der Waals surface area contributed by atoms with Gasteiger partial charge in [-0.15, -0.1) is 0 Å². The van der Waals surface area contributed by atoms with Crippen molar-refractivity contribution in [2.45, 2.75) is 18.3 Å². The zero-order valence-electron chi connectivity index (χ0n) is 14.5. The molecule has 0 spiro atoms. The van der Waals surface area contributed by atoms with E-state index in [4.69, 9.17) is 0 Å². The number of hydrogen-bond donors (Lipinski definition) is 0. The van der Waals surface area contributed by atoms with Crippen molar-refractivity contribution < 1.29 is 65.7 Å². The van der Waals surface area contributed by atoms with Gasteiger partial charge in [0.25, 0.3) is 0 Å². The van der Waals surface area contributed by atoms with Crippen molar-refractivity contribution >= 4 is 10.1 Å². The van der Waals surface area contributed by atoms with Crippen LogP contribution in [0, 0.1) is 23.3 Å². The first-order valence-corrected chi connectivity index (χ1v) is 10.0. The number of nitrogens with zero attached hydrogens (tertiary/aromatic N) is 2. The minimum atomic E-state index is -5.97. The third kappa shape index (κ3) is 6.06. The molecule has 165 valence electrons. The van der Waals surface area contributed by atoms with Crippen molar-refractivity contribution in [1.29, 1.82) is 0 Å². The van der Waals surface area contributed by atoms with Crippen molar-refractivity contribution in [2.24, 2.45) is 4.99 Å². The van der Waals surface area contributed by atoms with Crippen LogP contribution in [0.25, 0.3) is 0 Å². The molecule has 29 heavy (non-hydrogen) atoms. The SMILES string of the molecule is CN(C)CCN=Cc1c(F)c(F)c(F)c(F)c1C([C](=[W][F])C(F)(F)F)C(F)(F)F. The molecular formula is C15H12F11N2W. The minimum absolute atomic E-state index is 0.140. The van der Waals surface area contributed by atoms with Crippen molar-refractivity contribution in [1.82, 2.24) is 4.90 Å². The summed E-state index contributed by atoms with van der Waals surface area (Å²) in [6, 6.07) is 0. The number of aliphatic imine (C=N–C) groups is 1. The second-order valence-corrected chi connectivity index (χ2v) is 7.97. The zero-order valence-corrected chi connectivity index (χ0v) is 17.5. The molecule has 0 saturated carbocycles. The number of benzene rings is 1. The van der Waals surface area contributed by atoms with Crippen LogP contribution in [0.4, 0.5) is 47.1 Å². The van der Waals surface area contributed by atoms with E-state index in [1.165, 1.54) is 4.90 Å². The third-order valence-corrected chi connectivity index (χ3v) is 5.75. The summed E-state index contributed by atoms with van der Waals surface area (Å²) in [5, 5.41) is 0. The Labute approximate surface area is 166 Å². The van der Waals surface area contributed by atoms with E-state index in [1.54, 1.807) is 14.1 Å². The van der Waals surface area contributed by atoms with Gasteiger partial charge in [0.2, 0.25) is 0 Å². The summed E-state index contributed by atoms with van der Waals surface area (Å²) in [4.78, 5) is 4.94. The molecule has 1 unspecified atom stereocenters. The first-order valence-electron chi connectivity index (χ1n) is 7.44. The third-order valence-electron chi connectivity index (χ3n) is 3.48. The molecule has 0 fully saturated rings. The molecule has 0 N–H and O–H groups in total. The van der Waals surface area contributed by atoms with E-state index in [-0.39, 0.29) is 19.3 Å². The fraction of sp³-hybridized carbons (Fsp3) is 0.467. The van der Waals surface area contributed by atoms with Gasteiger partial charge in [-0.2, -0.15) is 0 Å². The van der Waals surface area contributed by atoms with Crippen LogP contribution < -0.4 is 0 Å². The average molecular weight is 613 g/mol. The summed E-state index contributed by atoms with van der Waals surface area (Å²) in [5.41, 5.74) is -3.87. The first kappa shape index (κ1) is 25.7. The molecule has 0 aliphatic heterocycles. The monoisotopic (exact) mass is 613 g/mol. The fourth-order valence-corrected chi connectivity index (χ4v) is 3.72. The molecule has 0 heterocycles. The average Bonchev–Trinajstić information content (AvgIpc) is 2.57. The Hall–Kier alpha value is -1.36. The van der Waals surface area contributed by atoms with E-state index in [1.807, 2.05) is 0 Å². The predicted octanol–water partition coefficient (Wildman–Crippen LogP) is 4.57. The molecule has 0 saturated heterocycles. The van der Waals surface area contributed by atoms with Crippen LogP contribution in [-0.2, 0) is 18.6 Å². The van der Waals surface area contributed by atoms with Gasteiger partial charge >= 0.3 is 166 Å². The van der Waals surface area contributed by atoms with Crippen molar-refractivity contribution in [2.75, 3.05) is 27.2 Å². The van der Waals surface area contributed by atoms with Crippen LogP contribution in [-0.4, -0.2) is 54.5 Å². The number of likely N-dealkylation sites (N-methyl/N-ethyl adjacent to an activating group) is 1. The van der Waals surface area contributed by atoms with Gasteiger partial charge in [-0.3, -0.25) is 0 Å². The normalized spacial score (nSPS) is 14.9. The quantitative estimate of drug-likeness (QED) is 0.199. The van der Waals surface area contributed by atoms with Crippen molar-refractivity contribution in [3.05, 3.63) is 34.4 Å². The Balaban J connectivity index is 3.85. The Morgan fingerprint density at radius 1 is 0.966 bits per heavy atom. The van der Waals surface area contributed by atoms with Gasteiger partial charge in [-0.05, 0) is 0 Å². The van der Waals surface area contributed by atoms with E-state index >= 15 is 0 Å². The fourth-order valence-electron chi connectivity index (χ4n) is 2.18. The molecule has 0 bridgehead atoms. The molecule has 1 rings (SSSR count). The molecule has 1 aromatic carbocycles. The van der Waals surface area contributed by atoms with E-state index in [0.717, 1.165) is 0 Å². The molecule has 14 heteroatoms. The summed E-state index contributed by atoms with van der Waals surface area (Å²) >= 11 is -4.41. The summed E-state index contributed by atoms with van der Waals surface area (Å²) in [7, 11) is 3.10.